The predicted octanol–water partition coefficient (Wildman–Crippen LogP) is 5.49. The summed E-state index contributed by atoms with van der Waals surface area (Å²) >= 11 is 0. The predicted molar refractivity (Wildman–Crippen MR) is 144 cm³/mol. The second-order valence-corrected chi connectivity index (χ2v) is 9.14. The Hall–Kier alpha value is -4.39. The van der Waals surface area contributed by atoms with E-state index >= 15 is 0 Å². The number of nitrogens with one attached hydrogen (secondary N) is 1. The average Bonchev–Trinajstić information content (AvgIpc) is 3.67. The van der Waals surface area contributed by atoms with Gasteiger partial charge in [-0.2, -0.15) is 0 Å². The first kappa shape index (κ1) is 24.3. The zero-order valence-corrected chi connectivity index (χ0v) is 21.1. The van der Waals surface area contributed by atoms with Crippen LogP contribution in [0.4, 0.5) is 5.95 Å². The first-order valence-electron chi connectivity index (χ1n) is 12.6. The number of nitrogens with zero attached hydrogens (tertiary/aromatic N) is 3. The van der Waals surface area contributed by atoms with Crippen molar-refractivity contribution >= 4 is 17.8 Å². The average molecular weight is 495 g/mol. The number of benzene rings is 3. The minimum absolute atomic E-state index is 0.0374. The number of carbonyl (C=O) groups excluding carboxylic acids is 2. The summed E-state index contributed by atoms with van der Waals surface area (Å²) in [4.78, 5) is 33.0. The highest BCUT2D eigenvalue weighted by Gasteiger charge is 2.35. The minimum atomic E-state index is -0.291. The molecule has 1 saturated carbocycles. The lowest BCUT2D eigenvalue weighted by molar-refractivity contribution is -0.117. The molecule has 0 saturated heterocycles. The molecule has 0 aliphatic heterocycles. The molecule has 188 valence electrons. The first-order chi connectivity index (χ1) is 18.0. The third-order valence-corrected chi connectivity index (χ3v) is 6.37. The van der Waals surface area contributed by atoms with Crippen molar-refractivity contribution in [1.82, 2.24) is 14.5 Å². The van der Waals surface area contributed by atoms with Crippen molar-refractivity contribution < 1.29 is 14.3 Å². The van der Waals surface area contributed by atoms with Crippen LogP contribution in [0.3, 0.4) is 0 Å². The lowest BCUT2D eigenvalue weighted by Gasteiger charge is -2.23. The normalized spacial score (nSPS) is 12.7. The molecule has 0 unspecified atom stereocenters. The van der Waals surface area contributed by atoms with Gasteiger partial charge < -0.3 is 9.64 Å². The fourth-order valence-corrected chi connectivity index (χ4v) is 4.34. The van der Waals surface area contributed by atoms with E-state index in [0.717, 1.165) is 41.1 Å². The summed E-state index contributed by atoms with van der Waals surface area (Å²) < 4.78 is 7.52. The lowest BCUT2D eigenvalue weighted by atomic mass is 10.1. The quantitative estimate of drug-likeness (QED) is 0.334. The molecule has 1 fully saturated rings. The van der Waals surface area contributed by atoms with Gasteiger partial charge in [-0.25, -0.2) is 4.98 Å². The number of rotatable bonds is 9. The van der Waals surface area contributed by atoms with Crippen LogP contribution >= 0.6 is 0 Å². The van der Waals surface area contributed by atoms with Gasteiger partial charge in [0.1, 0.15) is 12.3 Å². The molecule has 0 bridgehead atoms. The fraction of sp³-hybridized carbons (Fsp3) is 0.233. The molecule has 1 N–H and O–H groups in total. The molecule has 37 heavy (non-hydrogen) atoms. The van der Waals surface area contributed by atoms with Gasteiger partial charge in [-0.1, -0.05) is 54.6 Å². The number of carbonyl (C=O) groups is 2. The van der Waals surface area contributed by atoms with Crippen LogP contribution in [-0.2, 0) is 4.79 Å². The number of amides is 2. The molecule has 0 atom stereocenters. The first-order valence-corrected chi connectivity index (χ1v) is 12.6. The number of aromatic nitrogens is 2. The van der Waals surface area contributed by atoms with Crippen LogP contribution in [0.2, 0.25) is 0 Å². The largest absolute Gasteiger partial charge is 0.494 e. The number of anilines is 1. The van der Waals surface area contributed by atoms with Crippen molar-refractivity contribution in [3.05, 3.63) is 96.2 Å². The Morgan fingerprint density at radius 2 is 1.78 bits per heavy atom. The highest BCUT2D eigenvalue weighted by molar-refractivity contribution is 6.00. The second kappa shape index (κ2) is 10.7. The molecule has 1 aliphatic rings. The van der Waals surface area contributed by atoms with E-state index in [4.69, 9.17) is 9.72 Å². The monoisotopic (exact) mass is 494 g/mol. The molecule has 0 radical (unpaired) electrons. The summed E-state index contributed by atoms with van der Waals surface area (Å²) in [6, 6.07) is 25.0. The molecule has 1 aromatic heterocycles. The molecule has 5 rings (SSSR count). The van der Waals surface area contributed by atoms with E-state index in [2.05, 4.69) is 5.32 Å². The summed E-state index contributed by atoms with van der Waals surface area (Å²) in [5, 5.41) is 2.96. The topological polar surface area (TPSA) is 76.5 Å². The number of hydrogen-bond donors (Lipinski definition) is 1. The summed E-state index contributed by atoms with van der Waals surface area (Å²) in [6.07, 6.45) is 3.71. The second-order valence-electron chi connectivity index (χ2n) is 9.14. The van der Waals surface area contributed by atoms with Crippen molar-refractivity contribution in [3.63, 3.8) is 0 Å². The van der Waals surface area contributed by atoms with E-state index in [1.165, 1.54) is 0 Å². The maximum atomic E-state index is 13.3. The summed E-state index contributed by atoms with van der Waals surface area (Å²) in [5.74, 6) is 0.710. The molecule has 1 heterocycles. The van der Waals surface area contributed by atoms with Crippen LogP contribution in [0.25, 0.3) is 16.9 Å². The van der Waals surface area contributed by atoms with Gasteiger partial charge in [0.05, 0.1) is 18.0 Å². The van der Waals surface area contributed by atoms with Gasteiger partial charge in [0, 0.05) is 29.4 Å². The van der Waals surface area contributed by atoms with Crippen molar-refractivity contribution in [2.45, 2.75) is 32.7 Å². The Morgan fingerprint density at radius 3 is 2.51 bits per heavy atom. The Morgan fingerprint density at radius 1 is 1.03 bits per heavy atom. The van der Waals surface area contributed by atoms with Crippen LogP contribution in [-0.4, -0.2) is 45.5 Å². The number of ether oxygens (including phenoxy) is 1. The molecule has 0 spiro atoms. The number of hydrogen-bond acceptors (Lipinski definition) is 4. The van der Waals surface area contributed by atoms with E-state index in [-0.39, 0.29) is 24.4 Å². The smallest absolute Gasteiger partial charge is 0.254 e. The maximum Gasteiger partial charge on any atom is 0.254 e. The van der Waals surface area contributed by atoms with Crippen molar-refractivity contribution in [3.8, 4) is 22.7 Å². The van der Waals surface area contributed by atoms with Crippen LogP contribution in [0.5, 0.6) is 5.75 Å². The Labute approximate surface area is 216 Å². The van der Waals surface area contributed by atoms with E-state index in [1.54, 1.807) is 4.90 Å². The molecule has 7 nitrogen and oxygen atoms in total. The highest BCUT2D eigenvalue weighted by atomic mass is 16.5. The van der Waals surface area contributed by atoms with Gasteiger partial charge in [0.25, 0.3) is 5.91 Å². The van der Waals surface area contributed by atoms with Crippen molar-refractivity contribution in [2.75, 3.05) is 18.5 Å². The molecule has 4 aromatic rings. The Bertz CT molecular complexity index is 1410. The highest BCUT2D eigenvalue weighted by Crippen LogP contribution is 2.30. The molecule has 1 aliphatic carbocycles. The fourth-order valence-electron chi connectivity index (χ4n) is 4.34. The van der Waals surface area contributed by atoms with E-state index in [1.807, 2.05) is 103 Å². The SMILES string of the molecule is CCOc1cccc(-n2cc(-c3ccccc3)nc2NC(=O)CN(C(=O)c2ccccc2C)C2CC2)c1. The van der Waals surface area contributed by atoms with Gasteiger partial charge in [-0.15, -0.1) is 0 Å². The van der Waals surface area contributed by atoms with Gasteiger partial charge in [0.15, 0.2) is 0 Å². The van der Waals surface area contributed by atoms with Gasteiger partial charge in [-0.3, -0.25) is 19.5 Å². The van der Waals surface area contributed by atoms with Crippen LogP contribution in [0.15, 0.2) is 85.1 Å². The lowest BCUT2D eigenvalue weighted by Crippen LogP contribution is -2.40. The third-order valence-electron chi connectivity index (χ3n) is 6.37. The molecule has 7 heteroatoms. The summed E-state index contributed by atoms with van der Waals surface area (Å²) in [6.45, 7) is 4.37. The van der Waals surface area contributed by atoms with Gasteiger partial charge >= 0.3 is 0 Å². The standard InChI is InChI=1S/C30H30N4O3/c1-3-37-25-14-9-13-24(18-25)34-19-27(22-11-5-4-6-12-22)31-30(34)32-28(35)20-33(23-16-17-23)29(36)26-15-8-7-10-21(26)2/h4-15,18-19,23H,3,16-17,20H2,1-2H3,(H,31,32,35). The molecular formula is C30H30N4O3. The van der Waals surface area contributed by atoms with Gasteiger partial charge in [0.2, 0.25) is 11.9 Å². The van der Waals surface area contributed by atoms with E-state index in [0.29, 0.717) is 18.1 Å². The Kier molecular flexibility index (Phi) is 7.03. The molecular weight excluding hydrogens is 464 g/mol. The Balaban J connectivity index is 1.43. The maximum absolute atomic E-state index is 13.3. The molecule has 2 amide bonds. The van der Waals surface area contributed by atoms with E-state index < -0.39 is 0 Å². The van der Waals surface area contributed by atoms with Crippen LogP contribution < -0.4 is 10.1 Å². The zero-order chi connectivity index (χ0) is 25.8. The van der Waals surface area contributed by atoms with Crippen LogP contribution in [0, 0.1) is 6.92 Å². The van der Waals surface area contributed by atoms with E-state index in [9.17, 15) is 9.59 Å². The summed E-state index contributed by atoms with van der Waals surface area (Å²) in [5.41, 5.74) is 4.00. The van der Waals surface area contributed by atoms with Crippen molar-refractivity contribution in [2.24, 2.45) is 0 Å². The minimum Gasteiger partial charge on any atom is -0.494 e. The zero-order valence-electron chi connectivity index (χ0n) is 21.1. The number of aryl methyl sites for hydroxylation is 1. The molecule has 3 aromatic carbocycles. The van der Waals surface area contributed by atoms with Crippen molar-refractivity contribution in [1.29, 1.82) is 0 Å². The third kappa shape index (κ3) is 5.56. The van der Waals surface area contributed by atoms with Crippen LogP contribution in [0.1, 0.15) is 35.7 Å². The summed E-state index contributed by atoms with van der Waals surface area (Å²) in [7, 11) is 0. The van der Waals surface area contributed by atoms with Gasteiger partial charge in [-0.05, 0) is 50.5 Å². The number of imidazole rings is 1.